The smallest absolute Gasteiger partial charge is 0.129 e. The highest BCUT2D eigenvalue weighted by Gasteiger charge is 2.17. The lowest BCUT2D eigenvalue weighted by Crippen LogP contribution is -2.15. The van der Waals surface area contributed by atoms with Crippen LogP contribution in [0.5, 0.6) is 0 Å². The third-order valence-electron chi connectivity index (χ3n) is 3.24. The second-order valence-corrected chi connectivity index (χ2v) is 4.52. The van der Waals surface area contributed by atoms with Gasteiger partial charge in [-0.15, -0.1) is 0 Å². The summed E-state index contributed by atoms with van der Waals surface area (Å²) in [4.78, 5) is 4.01. The minimum atomic E-state index is -0.588. The first kappa shape index (κ1) is 12.7. The zero-order valence-corrected chi connectivity index (χ0v) is 10.5. The third-order valence-corrected chi connectivity index (χ3v) is 3.24. The van der Waals surface area contributed by atoms with Crippen LogP contribution in [0.4, 0.5) is 8.78 Å². The van der Waals surface area contributed by atoms with Crippen molar-refractivity contribution in [3.8, 4) is 0 Å². The highest BCUT2D eigenvalue weighted by atomic mass is 19.1. The van der Waals surface area contributed by atoms with Crippen LogP contribution in [0.25, 0.3) is 5.52 Å². The van der Waals surface area contributed by atoms with Crippen LogP contribution in [0, 0.1) is 11.6 Å². The van der Waals surface area contributed by atoms with Gasteiger partial charge >= 0.3 is 0 Å². The van der Waals surface area contributed by atoms with Gasteiger partial charge in [0.25, 0.3) is 0 Å². The second kappa shape index (κ2) is 4.97. The Labute approximate surface area is 113 Å². The predicted molar refractivity (Wildman–Crippen MR) is 70.0 cm³/mol. The molecule has 2 aromatic heterocycles. The summed E-state index contributed by atoms with van der Waals surface area (Å²) >= 11 is 0. The van der Waals surface area contributed by atoms with Gasteiger partial charge in [-0.3, -0.25) is 4.98 Å². The average molecular weight is 274 g/mol. The summed E-state index contributed by atoms with van der Waals surface area (Å²) in [6.45, 7) is 0. The number of nitrogens with zero attached hydrogens (tertiary/aromatic N) is 3. The molecule has 0 radical (unpaired) electrons. The van der Waals surface area contributed by atoms with Gasteiger partial charge in [-0.05, 0) is 18.6 Å². The molecule has 0 fully saturated rings. The molecule has 0 aliphatic carbocycles. The SMILES string of the molecule is NC(Cc1c(F)cccc1F)c1cnn2ccncc12. The maximum absolute atomic E-state index is 13.6. The van der Waals surface area contributed by atoms with E-state index >= 15 is 0 Å². The maximum Gasteiger partial charge on any atom is 0.129 e. The van der Waals surface area contributed by atoms with Crippen LogP contribution < -0.4 is 5.73 Å². The molecule has 2 heterocycles. The highest BCUT2D eigenvalue weighted by molar-refractivity contribution is 5.53. The molecule has 102 valence electrons. The van der Waals surface area contributed by atoms with Crippen molar-refractivity contribution in [3.05, 3.63) is 65.7 Å². The minimum absolute atomic E-state index is 0.0109. The third kappa shape index (κ3) is 2.14. The van der Waals surface area contributed by atoms with E-state index in [1.165, 1.54) is 18.2 Å². The Hall–Kier alpha value is -2.34. The molecule has 3 rings (SSSR count). The van der Waals surface area contributed by atoms with Crippen molar-refractivity contribution < 1.29 is 8.78 Å². The van der Waals surface area contributed by atoms with E-state index in [0.717, 1.165) is 5.52 Å². The fourth-order valence-corrected chi connectivity index (χ4v) is 2.20. The number of fused-ring (bicyclic) bond motifs is 1. The molecule has 0 spiro atoms. The van der Waals surface area contributed by atoms with Crippen molar-refractivity contribution in [1.82, 2.24) is 14.6 Å². The lowest BCUT2D eigenvalue weighted by Gasteiger charge is -2.11. The summed E-state index contributed by atoms with van der Waals surface area (Å²) in [7, 11) is 0. The zero-order chi connectivity index (χ0) is 14.1. The van der Waals surface area contributed by atoms with Gasteiger partial charge in [0.1, 0.15) is 11.6 Å². The lowest BCUT2D eigenvalue weighted by atomic mass is 10.0. The Morgan fingerprint density at radius 1 is 1.20 bits per heavy atom. The Bertz CT molecular complexity index is 734. The molecule has 2 N–H and O–H groups in total. The first-order valence-corrected chi connectivity index (χ1v) is 6.12. The Morgan fingerprint density at radius 2 is 1.95 bits per heavy atom. The van der Waals surface area contributed by atoms with E-state index in [1.54, 1.807) is 29.3 Å². The van der Waals surface area contributed by atoms with Gasteiger partial charge in [-0.1, -0.05) is 6.07 Å². The van der Waals surface area contributed by atoms with E-state index in [1.807, 2.05) is 0 Å². The molecule has 0 aliphatic rings. The van der Waals surface area contributed by atoms with Crippen LogP contribution in [0.3, 0.4) is 0 Å². The number of aromatic nitrogens is 3. The fourth-order valence-electron chi connectivity index (χ4n) is 2.20. The lowest BCUT2D eigenvalue weighted by molar-refractivity contribution is 0.540. The van der Waals surface area contributed by atoms with Crippen LogP contribution in [-0.4, -0.2) is 14.6 Å². The van der Waals surface area contributed by atoms with Crippen LogP contribution in [0.15, 0.2) is 43.0 Å². The summed E-state index contributed by atoms with van der Waals surface area (Å²) in [6.07, 6.45) is 6.58. The van der Waals surface area contributed by atoms with Gasteiger partial charge in [-0.25, -0.2) is 13.3 Å². The largest absolute Gasteiger partial charge is 0.324 e. The number of hydrogen-bond acceptors (Lipinski definition) is 3. The number of benzene rings is 1. The topological polar surface area (TPSA) is 56.2 Å². The number of halogens is 2. The minimum Gasteiger partial charge on any atom is -0.324 e. The number of nitrogens with two attached hydrogens (primary N) is 1. The van der Waals surface area contributed by atoms with Crippen molar-refractivity contribution in [2.24, 2.45) is 5.73 Å². The normalized spacial score (nSPS) is 12.8. The van der Waals surface area contributed by atoms with Crippen LogP contribution in [-0.2, 0) is 6.42 Å². The van der Waals surface area contributed by atoms with Crippen molar-refractivity contribution in [1.29, 1.82) is 0 Å². The first-order valence-electron chi connectivity index (χ1n) is 6.12. The summed E-state index contributed by atoms with van der Waals surface area (Å²) in [5.74, 6) is -1.18. The van der Waals surface area contributed by atoms with Crippen molar-refractivity contribution in [2.75, 3.05) is 0 Å². The Morgan fingerprint density at radius 3 is 2.70 bits per heavy atom. The van der Waals surface area contributed by atoms with E-state index in [0.29, 0.717) is 5.56 Å². The molecule has 0 bridgehead atoms. The molecule has 6 heteroatoms. The molecule has 1 atom stereocenters. The monoisotopic (exact) mass is 274 g/mol. The second-order valence-electron chi connectivity index (χ2n) is 4.52. The van der Waals surface area contributed by atoms with Crippen molar-refractivity contribution in [2.45, 2.75) is 12.5 Å². The first-order chi connectivity index (χ1) is 9.66. The summed E-state index contributed by atoms with van der Waals surface area (Å²) in [5.41, 5.74) is 7.49. The molecular weight excluding hydrogens is 262 g/mol. The van der Waals surface area contributed by atoms with Gasteiger partial charge in [-0.2, -0.15) is 5.10 Å². The maximum atomic E-state index is 13.6. The van der Waals surface area contributed by atoms with Crippen LogP contribution in [0.1, 0.15) is 17.2 Å². The van der Waals surface area contributed by atoms with E-state index in [4.69, 9.17) is 5.73 Å². The fraction of sp³-hybridized carbons (Fsp3) is 0.143. The van der Waals surface area contributed by atoms with E-state index in [-0.39, 0.29) is 12.0 Å². The molecular formula is C14H12F2N4. The van der Waals surface area contributed by atoms with Gasteiger partial charge in [0, 0.05) is 29.6 Å². The molecule has 4 nitrogen and oxygen atoms in total. The van der Waals surface area contributed by atoms with Crippen molar-refractivity contribution in [3.63, 3.8) is 0 Å². The van der Waals surface area contributed by atoms with E-state index in [9.17, 15) is 8.78 Å². The molecule has 1 aromatic carbocycles. The Kier molecular flexibility index (Phi) is 3.15. The van der Waals surface area contributed by atoms with Crippen LogP contribution in [0.2, 0.25) is 0 Å². The molecule has 0 amide bonds. The zero-order valence-electron chi connectivity index (χ0n) is 10.5. The van der Waals surface area contributed by atoms with Crippen LogP contribution >= 0.6 is 0 Å². The quantitative estimate of drug-likeness (QED) is 0.797. The standard InChI is InChI=1S/C14H12F2N4/c15-11-2-1-3-12(16)9(11)6-13(17)10-7-19-20-5-4-18-8-14(10)20/h1-5,7-8,13H,6,17H2. The summed E-state index contributed by atoms with van der Waals surface area (Å²) < 4.78 is 28.9. The highest BCUT2D eigenvalue weighted by Crippen LogP contribution is 2.23. The molecule has 0 saturated heterocycles. The predicted octanol–water partition coefficient (Wildman–Crippen LogP) is 2.25. The van der Waals surface area contributed by atoms with Gasteiger partial charge in [0.2, 0.25) is 0 Å². The summed E-state index contributed by atoms with van der Waals surface area (Å²) in [6, 6.07) is 3.23. The summed E-state index contributed by atoms with van der Waals surface area (Å²) in [5, 5.41) is 4.14. The van der Waals surface area contributed by atoms with E-state index < -0.39 is 17.7 Å². The van der Waals surface area contributed by atoms with Gasteiger partial charge in [0.05, 0.1) is 17.9 Å². The number of rotatable bonds is 3. The molecule has 20 heavy (non-hydrogen) atoms. The van der Waals surface area contributed by atoms with Crippen molar-refractivity contribution >= 4 is 5.52 Å². The Balaban J connectivity index is 1.95. The van der Waals surface area contributed by atoms with E-state index in [2.05, 4.69) is 10.1 Å². The average Bonchev–Trinajstić information content (AvgIpc) is 2.87. The molecule has 0 aliphatic heterocycles. The molecule has 1 unspecified atom stereocenters. The number of hydrogen-bond donors (Lipinski definition) is 1. The van der Waals surface area contributed by atoms with Gasteiger partial charge < -0.3 is 5.73 Å². The molecule has 0 saturated carbocycles. The van der Waals surface area contributed by atoms with Gasteiger partial charge in [0.15, 0.2) is 0 Å². The molecule has 3 aromatic rings.